The molecule has 168 valence electrons. The summed E-state index contributed by atoms with van der Waals surface area (Å²) in [6, 6.07) is 0.246. The third-order valence-electron chi connectivity index (χ3n) is 6.14. The summed E-state index contributed by atoms with van der Waals surface area (Å²) < 4.78 is 7.28. The second kappa shape index (κ2) is 11.3. The Labute approximate surface area is 179 Å². The van der Waals surface area contributed by atoms with E-state index in [-0.39, 0.29) is 17.5 Å². The van der Waals surface area contributed by atoms with Crippen molar-refractivity contribution in [2.24, 2.45) is 5.92 Å². The smallest absolute Gasteiger partial charge is 0.327 e. The van der Waals surface area contributed by atoms with E-state index in [1.807, 2.05) is 0 Å². The number of piperidine rings is 1. The summed E-state index contributed by atoms with van der Waals surface area (Å²) in [5, 5.41) is 0. The van der Waals surface area contributed by atoms with Crippen LogP contribution in [0.5, 0.6) is 6.01 Å². The van der Waals surface area contributed by atoms with Crippen molar-refractivity contribution in [3.8, 4) is 6.01 Å². The number of unbranched alkanes of at least 4 members (excludes halogenated alkanes) is 3. The van der Waals surface area contributed by atoms with Gasteiger partial charge in [-0.05, 0) is 57.7 Å². The van der Waals surface area contributed by atoms with Gasteiger partial charge in [-0.3, -0.25) is 4.57 Å². The molecule has 8 nitrogen and oxygen atoms in total. The number of ether oxygens (including phenoxy) is 1. The van der Waals surface area contributed by atoms with Crippen molar-refractivity contribution in [1.29, 1.82) is 0 Å². The summed E-state index contributed by atoms with van der Waals surface area (Å²) in [4.78, 5) is 26.4. The summed E-state index contributed by atoms with van der Waals surface area (Å²) in [7, 11) is 0. The first kappa shape index (κ1) is 22.6. The van der Waals surface area contributed by atoms with Crippen LogP contribution in [0.1, 0.15) is 71.6 Å². The molecule has 0 amide bonds. The number of likely N-dealkylation sites (tertiary alicyclic amines) is 1. The number of nitrogens with zero attached hydrogens (tertiary/aromatic N) is 4. The van der Waals surface area contributed by atoms with Crippen molar-refractivity contribution in [2.75, 3.05) is 32.0 Å². The number of hydrogen-bond acceptors (Lipinski definition) is 6. The van der Waals surface area contributed by atoms with Crippen LogP contribution in [0.25, 0.3) is 11.2 Å². The van der Waals surface area contributed by atoms with Gasteiger partial charge >= 0.3 is 11.7 Å². The Hall–Kier alpha value is -2.09. The molecule has 1 fully saturated rings. The molecule has 30 heavy (non-hydrogen) atoms. The average Bonchev–Trinajstić information content (AvgIpc) is 3.06. The number of nitrogen functional groups attached to an aromatic ring is 1. The molecule has 0 aromatic carbocycles. The molecule has 8 heteroatoms. The van der Waals surface area contributed by atoms with Gasteiger partial charge in [-0.15, -0.1) is 0 Å². The minimum atomic E-state index is -0.180. The molecule has 0 bridgehead atoms. The summed E-state index contributed by atoms with van der Waals surface area (Å²) in [6.45, 7) is 9.27. The largest absolute Gasteiger partial charge is 0.463 e. The van der Waals surface area contributed by atoms with Gasteiger partial charge in [-0.2, -0.15) is 9.97 Å². The molecule has 1 aliphatic heterocycles. The average molecular weight is 419 g/mol. The second-order valence-corrected chi connectivity index (χ2v) is 8.51. The highest BCUT2D eigenvalue weighted by molar-refractivity contribution is 5.81. The predicted molar refractivity (Wildman–Crippen MR) is 121 cm³/mol. The third kappa shape index (κ3) is 5.97. The minimum absolute atomic E-state index is 0.180. The Morgan fingerprint density at radius 1 is 1.07 bits per heavy atom. The lowest BCUT2D eigenvalue weighted by Crippen LogP contribution is -2.34. The van der Waals surface area contributed by atoms with E-state index in [2.05, 4.69) is 33.7 Å². The number of imidazole rings is 1. The number of anilines is 1. The molecule has 0 saturated carbocycles. The summed E-state index contributed by atoms with van der Waals surface area (Å²) in [5.74, 6) is 1.08. The van der Waals surface area contributed by atoms with Crippen LogP contribution >= 0.6 is 0 Å². The van der Waals surface area contributed by atoms with Crippen molar-refractivity contribution in [1.82, 2.24) is 24.4 Å². The number of aromatic nitrogens is 4. The van der Waals surface area contributed by atoms with E-state index in [0.29, 0.717) is 24.3 Å². The number of rotatable bonds is 12. The first-order chi connectivity index (χ1) is 14.6. The normalized spacial score (nSPS) is 15.8. The molecule has 2 aromatic heterocycles. The van der Waals surface area contributed by atoms with E-state index >= 15 is 0 Å². The first-order valence-corrected chi connectivity index (χ1v) is 11.7. The lowest BCUT2D eigenvalue weighted by Gasteiger charge is -2.31. The Kier molecular flexibility index (Phi) is 8.54. The molecular formula is C22H38N6O2. The van der Waals surface area contributed by atoms with Gasteiger partial charge in [0.15, 0.2) is 11.5 Å². The molecule has 1 saturated heterocycles. The molecule has 0 spiro atoms. The zero-order chi connectivity index (χ0) is 21.3. The highest BCUT2D eigenvalue weighted by Gasteiger charge is 2.19. The van der Waals surface area contributed by atoms with Crippen LogP contribution in [0.2, 0.25) is 0 Å². The van der Waals surface area contributed by atoms with Crippen LogP contribution in [-0.4, -0.2) is 50.7 Å². The van der Waals surface area contributed by atoms with Crippen LogP contribution < -0.4 is 16.2 Å². The van der Waals surface area contributed by atoms with Crippen molar-refractivity contribution in [3.05, 3.63) is 10.5 Å². The maximum absolute atomic E-state index is 12.4. The molecule has 3 heterocycles. The van der Waals surface area contributed by atoms with Gasteiger partial charge in [0, 0.05) is 6.54 Å². The highest BCUT2D eigenvalue weighted by atomic mass is 16.5. The van der Waals surface area contributed by atoms with Crippen LogP contribution in [0.15, 0.2) is 4.79 Å². The Morgan fingerprint density at radius 2 is 1.83 bits per heavy atom. The predicted octanol–water partition coefficient (Wildman–Crippen LogP) is 3.56. The quantitative estimate of drug-likeness (QED) is 0.511. The fourth-order valence-corrected chi connectivity index (χ4v) is 4.19. The topological polar surface area (TPSA) is 102 Å². The summed E-state index contributed by atoms with van der Waals surface area (Å²) in [6.07, 6.45) is 10.5. The zero-order valence-corrected chi connectivity index (χ0v) is 18.7. The van der Waals surface area contributed by atoms with E-state index in [1.54, 1.807) is 4.57 Å². The summed E-state index contributed by atoms with van der Waals surface area (Å²) >= 11 is 0. The maximum atomic E-state index is 12.4. The molecule has 0 aliphatic carbocycles. The Bertz CT molecular complexity index is 838. The van der Waals surface area contributed by atoms with E-state index in [4.69, 9.17) is 10.5 Å². The molecule has 0 radical (unpaired) electrons. The highest BCUT2D eigenvalue weighted by Crippen LogP contribution is 2.23. The Balaban J connectivity index is 1.51. The van der Waals surface area contributed by atoms with Crippen molar-refractivity contribution in [2.45, 2.75) is 78.2 Å². The lowest BCUT2D eigenvalue weighted by molar-refractivity contribution is 0.175. The molecule has 2 aromatic rings. The maximum Gasteiger partial charge on any atom is 0.327 e. The van der Waals surface area contributed by atoms with Gasteiger partial charge in [-0.1, -0.05) is 39.5 Å². The number of fused-ring (bicyclic) bond motifs is 1. The van der Waals surface area contributed by atoms with Gasteiger partial charge in [0.05, 0.1) is 6.61 Å². The van der Waals surface area contributed by atoms with E-state index < -0.39 is 0 Å². The van der Waals surface area contributed by atoms with Crippen molar-refractivity contribution >= 4 is 17.0 Å². The zero-order valence-electron chi connectivity index (χ0n) is 18.7. The second-order valence-electron chi connectivity index (χ2n) is 8.51. The lowest BCUT2D eigenvalue weighted by atomic mass is 9.91. The van der Waals surface area contributed by atoms with E-state index in [0.717, 1.165) is 31.6 Å². The molecule has 0 atom stereocenters. The monoisotopic (exact) mass is 418 g/mol. The molecule has 3 N–H and O–H groups in total. The standard InChI is InChI=1S/C22H38N6O2/c1-3-5-12-27-14-10-17(11-15-27)9-7-8-13-28-20-18(24-22(28)29)19(23)25-21(26-20)30-16-6-4-2/h17H,3-16H2,1-2H3,(H,24,29)(H2,23,25,26). The molecular weight excluding hydrogens is 380 g/mol. The van der Waals surface area contributed by atoms with Crippen LogP contribution in [0.4, 0.5) is 5.82 Å². The number of aryl methyl sites for hydroxylation is 1. The molecule has 0 unspecified atom stereocenters. The number of H-pyrrole nitrogens is 1. The van der Waals surface area contributed by atoms with Crippen molar-refractivity contribution < 1.29 is 4.74 Å². The third-order valence-corrected chi connectivity index (χ3v) is 6.14. The Morgan fingerprint density at radius 3 is 2.57 bits per heavy atom. The first-order valence-electron chi connectivity index (χ1n) is 11.7. The van der Waals surface area contributed by atoms with Gasteiger partial charge in [0.25, 0.3) is 0 Å². The number of aromatic amines is 1. The fraction of sp³-hybridized carbons (Fsp3) is 0.773. The number of nitrogens with two attached hydrogens (primary N) is 1. The molecule has 1 aliphatic rings. The van der Waals surface area contributed by atoms with Crippen LogP contribution in [0, 0.1) is 5.92 Å². The minimum Gasteiger partial charge on any atom is -0.463 e. The van der Waals surface area contributed by atoms with E-state index in [9.17, 15) is 4.79 Å². The number of nitrogens with one attached hydrogen (secondary N) is 1. The van der Waals surface area contributed by atoms with Crippen LogP contribution in [0.3, 0.4) is 0 Å². The summed E-state index contributed by atoms with van der Waals surface area (Å²) in [5.41, 5.74) is 6.89. The SMILES string of the molecule is CCCCOc1nc(N)c2[nH]c(=O)n(CCCCC3CCN(CCCC)CC3)c2n1. The van der Waals surface area contributed by atoms with Gasteiger partial charge < -0.3 is 20.4 Å². The number of hydrogen-bond donors (Lipinski definition) is 2. The van der Waals surface area contributed by atoms with Gasteiger partial charge in [0.1, 0.15) is 5.52 Å². The fourth-order valence-electron chi connectivity index (χ4n) is 4.19. The van der Waals surface area contributed by atoms with Gasteiger partial charge in [0.2, 0.25) is 0 Å². The van der Waals surface area contributed by atoms with Gasteiger partial charge in [-0.25, -0.2) is 4.79 Å². The van der Waals surface area contributed by atoms with E-state index in [1.165, 1.54) is 51.7 Å². The van der Waals surface area contributed by atoms with Crippen molar-refractivity contribution in [3.63, 3.8) is 0 Å². The van der Waals surface area contributed by atoms with Crippen LogP contribution in [-0.2, 0) is 6.54 Å². The molecule has 3 rings (SSSR count).